The van der Waals surface area contributed by atoms with Crippen LogP contribution in [-0.2, 0) is 7.05 Å². The minimum absolute atomic E-state index is 0.0486. The molecule has 0 saturated carbocycles. The van der Waals surface area contributed by atoms with E-state index in [0.717, 1.165) is 12.8 Å². The third-order valence-corrected chi connectivity index (χ3v) is 4.28. The summed E-state index contributed by atoms with van der Waals surface area (Å²) < 4.78 is 1.29. The maximum Gasteiger partial charge on any atom is 0.274 e. The summed E-state index contributed by atoms with van der Waals surface area (Å²) in [6.45, 7) is 1.42. The second-order valence-electron chi connectivity index (χ2n) is 5.88. The van der Waals surface area contributed by atoms with Crippen LogP contribution in [0.3, 0.4) is 0 Å². The lowest BCUT2D eigenvalue weighted by molar-refractivity contribution is 0.0791. The molecule has 1 N–H and O–H groups in total. The Morgan fingerprint density at radius 2 is 1.92 bits per heavy atom. The topological polar surface area (TPSA) is 84.3 Å². The molecule has 130 valence electrons. The number of likely N-dealkylation sites (tertiary alicyclic amines) is 1. The van der Waals surface area contributed by atoms with Gasteiger partial charge in [-0.05, 0) is 31.0 Å². The number of carbonyl (C=O) groups is 2. The van der Waals surface area contributed by atoms with Gasteiger partial charge in [-0.1, -0.05) is 11.6 Å². The van der Waals surface area contributed by atoms with Gasteiger partial charge >= 0.3 is 0 Å². The third-order valence-electron chi connectivity index (χ3n) is 4.06. The Labute approximate surface area is 149 Å². The van der Waals surface area contributed by atoms with Crippen molar-refractivity contribution >= 4 is 29.1 Å². The number of carbonyl (C=O) groups excluding carboxylic acids is 2. The molecule has 0 spiro atoms. The summed E-state index contributed by atoms with van der Waals surface area (Å²) in [5.74, 6) is -0.635. The molecule has 0 aliphatic carbocycles. The van der Waals surface area contributed by atoms with Gasteiger partial charge in [-0.15, -0.1) is 0 Å². The van der Waals surface area contributed by atoms with E-state index in [1.54, 1.807) is 11.9 Å². The molecular weight excluding hydrogens is 344 g/mol. The summed E-state index contributed by atoms with van der Waals surface area (Å²) in [6, 6.07) is 4.42. The monoisotopic (exact) mass is 360 g/mol. The second kappa shape index (κ2) is 7.06. The molecule has 0 bridgehead atoms. The number of amides is 2. The Kier molecular flexibility index (Phi) is 4.85. The van der Waals surface area contributed by atoms with E-state index in [-0.39, 0.29) is 22.3 Å². The van der Waals surface area contributed by atoms with E-state index >= 15 is 0 Å². The van der Waals surface area contributed by atoms with Crippen LogP contribution < -0.4 is 10.9 Å². The summed E-state index contributed by atoms with van der Waals surface area (Å²) in [5.41, 5.74) is 0.289. The van der Waals surface area contributed by atoms with Crippen LogP contribution in [0.15, 0.2) is 35.4 Å². The van der Waals surface area contributed by atoms with Gasteiger partial charge < -0.3 is 14.8 Å². The lowest BCUT2D eigenvalue weighted by atomic mass is 10.2. The number of hydrogen-bond donors (Lipinski definition) is 1. The van der Waals surface area contributed by atoms with E-state index in [4.69, 9.17) is 11.6 Å². The van der Waals surface area contributed by atoms with Gasteiger partial charge in [-0.2, -0.15) is 0 Å². The Hall–Kier alpha value is -2.67. The zero-order valence-corrected chi connectivity index (χ0v) is 14.4. The van der Waals surface area contributed by atoms with Crippen molar-refractivity contribution in [3.8, 4) is 0 Å². The van der Waals surface area contributed by atoms with Crippen LogP contribution >= 0.6 is 11.6 Å². The van der Waals surface area contributed by atoms with E-state index in [1.165, 1.54) is 35.2 Å². The summed E-state index contributed by atoms with van der Waals surface area (Å²) >= 11 is 5.70. The van der Waals surface area contributed by atoms with Crippen molar-refractivity contribution in [2.75, 3.05) is 18.4 Å². The van der Waals surface area contributed by atoms with Gasteiger partial charge in [-0.3, -0.25) is 14.4 Å². The van der Waals surface area contributed by atoms with E-state index in [9.17, 15) is 14.4 Å². The Morgan fingerprint density at radius 1 is 1.20 bits per heavy atom. The van der Waals surface area contributed by atoms with Crippen molar-refractivity contribution in [2.24, 2.45) is 7.05 Å². The molecule has 2 aromatic heterocycles. The second-order valence-corrected chi connectivity index (χ2v) is 6.27. The number of aromatic nitrogens is 2. The molecule has 8 heteroatoms. The molecule has 1 aliphatic heterocycles. The molecule has 2 amide bonds. The Morgan fingerprint density at radius 3 is 2.56 bits per heavy atom. The van der Waals surface area contributed by atoms with Gasteiger partial charge in [0, 0.05) is 32.5 Å². The number of nitrogens with one attached hydrogen (secondary N) is 1. The van der Waals surface area contributed by atoms with Crippen LogP contribution in [0.1, 0.15) is 33.6 Å². The average molecular weight is 361 g/mol. The zero-order chi connectivity index (χ0) is 18.0. The van der Waals surface area contributed by atoms with Gasteiger partial charge in [0.1, 0.15) is 10.8 Å². The third kappa shape index (κ3) is 3.71. The average Bonchev–Trinajstić information content (AvgIpc) is 3.13. The van der Waals surface area contributed by atoms with Crippen LogP contribution in [0.25, 0.3) is 0 Å². The summed E-state index contributed by atoms with van der Waals surface area (Å²) in [4.78, 5) is 42.7. The van der Waals surface area contributed by atoms with Crippen molar-refractivity contribution in [1.82, 2.24) is 14.5 Å². The maximum atomic E-state index is 12.5. The fourth-order valence-corrected chi connectivity index (χ4v) is 2.84. The van der Waals surface area contributed by atoms with Crippen molar-refractivity contribution in [3.05, 3.63) is 57.2 Å². The largest absolute Gasteiger partial charge is 0.339 e. The first-order valence-electron chi connectivity index (χ1n) is 7.88. The van der Waals surface area contributed by atoms with Crippen LogP contribution in [0, 0.1) is 0 Å². The number of halogens is 1. The van der Waals surface area contributed by atoms with Gasteiger partial charge in [0.25, 0.3) is 17.4 Å². The maximum absolute atomic E-state index is 12.5. The first kappa shape index (κ1) is 17.2. The lowest BCUT2D eigenvalue weighted by Crippen LogP contribution is -2.30. The normalized spacial score (nSPS) is 13.8. The zero-order valence-electron chi connectivity index (χ0n) is 13.7. The van der Waals surface area contributed by atoms with Crippen LogP contribution in [0.2, 0.25) is 5.15 Å². The molecule has 0 radical (unpaired) electrons. The summed E-state index contributed by atoms with van der Waals surface area (Å²) in [7, 11) is 1.54. The molecule has 7 nitrogen and oxygen atoms in total. The molecule has 1 fully saturated rings. The smallest absolute Gasteiger partial charge is 0.274 e. The van der Waals surface area contributed by atoms with Crippen molar-refractivity contribution < 1.29 is 9.59 Å². The molecule has 0 aromatic carbocycles. The first-order chi connectivity index (χ1) is 12.0. The van der Waals surface area contributed by atoms with Gasteiger partial charge in [0.05, 0.1) is 11.1 Å². The van der Waals surface area contributed by atoms with E-state index < -0.39 is 11.5 Å². The lowest BCUT2D eigenvalue weighted by Gasteiger charge is -2.16. The fourth-order valence-electron chi connectivity index (χ4n) is 2.73. The number of anilines is 1. The van der Waals surface area contributed by atoms with Crippen molar-refractivity contribution in [2.45, 2.75) is 12.8 Å². The predicted octanol–water partition coefficient (Wildman–Crippen LogP) is 1.92. The number of aryl methyl sites for hydroxylation is 1. The van der Waals surface area contributed by atoms with E-state index in [1.807, 2.05) is 0 Å². The minimum Gasteiger partial charge on any atom is -0.339 e. The molecule has 2 aromatic rings. The predicted molar refractivity (Wildman–Crippen MR) is 94.0 cm³/mol. The number of rotatable bonds is 3. The Balaban J connectivity index is 1.87. The minimum atomic E-state index is -0.493. The summed E-state index contributed by atoms with van der Waals surface area (Å²) in [5, 5.41) is 2.82. The number of pyridine rings is 2. The highest BCUT2D eigenvalue weighted by molar-refractivity contribution is 6.29. The van der Waals surface area contributed by atoms with Crippen molar-refractivity contribution in [1.29, 1.82) is 0 Å². The quantitative estimate of drug-likeness (QED) is 0.847. The van der Waals surface area contributed by atoms with E-state index in [2.05, 4.69) is 10.3 Å². The highest BCUT2D eigenvalue weighted by atomic mass is 35.5. The summed E-state index contributed by atoms with van der Waals surface area (Å²) in [6.07, 6.45) is 4.76. The van der Waals surface area contributed by atoms with Gasteiger partial charge in [-0.25, -0.2) is 4.98 Å². The molecule has 0 atom stereocenters. The molecule has 25 heavy (non-hydrogen) atoms. The molecule has 3 heterocycles. The molecule has 3 rings (SSSR count). The SMILES string of the molecule is Cn1cc(C(=O)N2CCCC2)cc(NC(=O)c2ccc(Cl)nc2)c1=O. The molecule has 0 unspecified atom stereocenters. The standard InChI is InChI=1S/C17H17ClN4O3/c1-21-10-12(16(24)22-6-2-3-7-22)8-13(17(21)25)20-15(23)11-4-5-14(18)19-9-11/h4-5,8-10H,2-3,6-7H2,1H3,(H,20,23). The molecule has 1 aliphatic rings. The Bertz CT molecular complexity index is 870. The van der Waals surface area contributed by atoms with Crippen molar-refractivity contribution in [3.63, 3.8) is 0 Å². The highest BCUT2D eigenvalue weighted by Gasteiger charge is 2.21. The van der Waals surface area contributed by atoms with Gasteiger partial charge in [0.2, 0.25) is 0 Å². The van der Waals surface area contributed by atoms with Gasteiger partial charge in [0.15, 0.2) is 0 Å². The van der Waals surface area contributed by atoms with E-state index in [0.29, 0.717) is 18.7 Å². The number of nitrogens with zero attached hydrogens (tertiary/aromatic N) is 3. The van der Waals surface area contributed by atoms with Crippen LogP contribution in [0.5, 0.6) is 0 Å². The molecular formula is C17H17ClN4O3. The van der Waals surface area contributed by atoms with Crippen LogP contribution in [0.4, 0.5) is 5.69 Å². The van der Waals surface area contributed by atoms with Crippen LogP contribution in [-0.4, -0.2) is 39.4 Å². The number of hydrogen-bond acceptors (Lipinski definition) is 4. The first-order valence-corrected chi connectivity index (χ1v) is 8.26. The highest BCUT2D eigenvalue weighted by Crippen LogP contribution is 2.15. The molecule has 1 saturated heterocycles. The fraction of sp³-hybridized carbons (Fsp3) is 0.294.